The highest BCUT2D eigenvalue weighted by atomic mass is 16.6. The second-order valence-corrected chi connectivity index (χ2v) is 8.14. The Morgan fingerprint density at radius 2 is 2.19 bits per heavy atom. The summed E-state index contributed by atoms with van der Waals surface area (Å²) in [7, 11) is 0. The lowest BCUT2D eigenvalue weighted by atomic mass is 9.68. The molecule has 0 unspecified atom stereocenters. The van der Waals surface area contributed by atoms with Crippen LogP contribution in [0, 0.1) is 17.8 Å². The molecule has 6 nitrogen and oxygen atoms in total. The minimum Gasteiger partial charge on any atom is -0.481 e. The lowest BCUT2D eigenvalue weighted by molar-refractivity contribution is -0.286. The predicted molar refractivity (Wildman–Crippen MR) is 95.6 cm³/mol. The SMILES string of the molecule is C[C@@]1(O)OC[C@H](C(=O)O)[C@H]2C[C@H]3c4[nH]c5ccccc5c4CCN3C[C@@H]21. The van der Waals surface area contributed by atoms with Crippen LogP contribution in [0.4, 0.5) is 0 Å². The number of hydrogen-bond donors (Lipinski definition) is 3. The molecule has 0 saturated carbocycles. The van der Waals surface area contributed by atoms with Crippen LogP contribution >= 0.6 is 0 Å². The first-order chi connectivity index (χ1) is 12.5. The minimum atomic E-state index is -1.26. The zero-order valence-electron chi connectivity index (χ0n) is 14.8. The molecular formula is C20H24N2O4. The third-order valence-corrected chi connectivity index (χ3v) is 6.79. The number of nitrogens with one attached hydrogen (secondary N) is 1. The van der Waals surface area contributed by atoms with Crippen molar-refractivity contribution in [2.75, 3.05) is 19.7 Å². The molecule has 5 atom stereocenters. The van der Waals surface area contributed by atoms with Gasteiger partial charge in [-0.2, -0.15) is 0 Å². The lowest BCUT2D eigenvalue weighted by Crippen LogP contribution is -2.60. The molecule has 3 aliphatic heterocycles. The number of aromatic nitrogens is 1. The summed E-state index contributed by atoms with van der Waals surface area (Å²) >= 11 is 0. The van der Waals surface area contributed by atoms with Gasteiger partial charge >= 0.3 is 5.97 Å². The minimum absolute atomic E-state index is 0.0791. The number of aliphatic carboxylic acids is 1. The quantitative estimate of drug-likeness (QED) is 0.729. The van der Waals surface area contributed by atoms with Gasteiger partial charge in [0.2, 0.25) is 0 Å². The second-order valence-electron chi connectivity index (χ2n) is 8.14. The van der Waals surface area contributed by atoms with Crippen molar-refractivity contribution < 1.29 is 19.7 Å². The Labute approximate surface area is 151 Å². The monoisotopic (exact) mass is 356 g/mol. The number of fused-ring (bicyclic) bond motifs is 6. The maximum atomic E-state index is 11.8. The normalized spacial score (nSPS) is 37.0. The Morgan fingerprint density at radius 1 is 1.38 bits per heavy atom. The number of aliphatic hydroxyl groups is 1. The number of para-hydroxylation sites is 1. The smallest absolute Gasteiger partial charge is 0.309 e. The van der Waals surface area contributed by atoms with Crippen LogP contribution in [0.3, 0.4) is 0 Å². The number of piperidine rings is 1. The van der Waals surface area contributed by atoms with E-state index in [1.807, 2.05) is 6.07 Å². The van der Waals surface area contributed by atoms with Gasteiger partial charge in [-0.1, -0.05) is 18.2 Å². The van der Waals surface area contributed by atoms with E-state index in [0.29, 0.717) is 6.54 Å². The van der Waals surface area contributed by atoms with Crippen LogP contribution in [0.5, 0.6) is 0 Å². The average Bonchev–Trinajstić information content (AvgIpc) is 2.99. The highest BCUT2D eigenvalue weighted by molar-refractivity contribution is 5.85. The Morgan fingerprint density at radius 3 is 3.00 bits per heavy atom. The number of H-pyrrole nitrogens is 1. The number of nitrogens with zero attached hydrogens (tertiary/aromatic N) is 1. The highest BCUT2D eigenvalue weighted by Crippen LogP contribution is 2.49. The largest absolute Gasteiger partial charge is 0.481 e. The van der Waals surface area contributed by atoms with E-state index in [1.54, 1.807) is 6.92 Å². The summed E-state index contributed by atoms with van der Waals surface area (Å²) < 4.78 is 5.55. The van der Waals surface area contributed by atoms with Gasteiger partial charge in [-0.25, -0.2) is 0 Å². The van der Waals surface area contributed by atoms with E-state index >= 15 is 0 Å². The van der Waals surface area contributed by atoms with Crippen LogP contribution in [0.15, 0.2) is 24.3 Å². The molecule has 1 aromatic carbocycles. The van der Waals surface area contributed by atoms with Crippen molar-refractivity contribution in [2.24, 2.45) is 17.8 Å². The molecule has 0 radical (unpaired) electrons. The van der Waals surface area contributed by atoms with E-state index in [0.717, 1.165) is 24.9 Å². The molecule has 0 spiro atoms. The van der Waals surface area contributed by atoms with Gasteiger partial charge in [-0.3, -0.25) is 9.69 Å². The van der Waals surface area contributed by atoms with E-state index in [-0.39, 0.29) is 24.5 Å². The second kappa shape index (κ2) is 5.55. The summed E-state index contributed by atoms with van der Waals surface area (Å²) in [6.45, 7) is 3.36. The van der Waals surface area contributed by atoms with Crippen LogP contribution in [0.1, 0.15) is 30.6 Å². The topological polar surface area (TPSA) is 85.8 Å². The van der Waals surface area contributed by atoms with Crippen LogP contribution in [0.2, 0.25) is 0 Å². The number of rotatable bonds is 1. The molecule has 0 bridgehead atoms. The zero-order valence-corrected chi connectivity index (χ0v) is 14.8. The zero-order chi connectivity index (χ0) is 18.1. The fraction of sp³-hybridized carbons (Fsp3) is 0.550. The van der Waals surface area contributed by atoms with E-state index in [2.05, 4.69) is 28.1 Å². The van der Waals surface area contributed by atoms with Gasteiger partial charge < -0.3 is 19.9 Å². The first kappa shape index (κ1) is 16.3. The van der Waals surface area contributed by atoms with E-state index in [4.69, 9.17) is 4.74 Å². The molecule has 3 aliphatic rings. The molecule has 1 aromatic heterocycles. The Hall–Kier alpha value is -1.89. The van der Waals surface area contributed by atoms with E-state index < -0.39 is 17.7 Å². The number of ether oxygens (including phenoxy) is 1. The lowest BCUT2D eigenvalue weighted by Gasteiger charge is -2.53. The molecule has 2 fully saturated rings. The molecule has 2 saturated heterocycles. The summed E-state index contributed by atoms with van der Waals surface area (Å²) in [4.78, 5) is 17.8. The summed E-state index contributed by atoms with van der Waals surface area (Å²) in [5.74, 6) is -2.91. The van der Waals surface area contributed by atoms with Crippen molar-refractivity contribution in [1.82, 2.24) is 9.88 Å². The molecular weight excluding hydrogens is 332 g/mol. The van der Waals surface area contributed by atoms with Crippen molar-refractivity contribution >= 4 is 16.9 Å². The van der Waals surface area contributed by atoms with E-state index in [9.17, 15) is 15.0 Å². The fourth-order valence-electron chi connectivity index (χ4n) is 5.42. The molecule has 4 heterocycles. The first-order valence-electron chi connectivity index (χ1n) is 9.38. The van der Waals surface area contributed by atoms with Crippen molar-refractivity contribution in [3.8, 4) is 0 Å². The Balaban J connectivity index is 1.56. The Bertz CT molecular complexity index is 874. The number of carboxylic acids is 1. The number of carbonyl (C=O) groups is 1. The summed E-state index contributed by atoms with van der Waals surface area (Å²) in [6.07, 6.45) is 1.71. The first-order valence-corrected chi connectivity index (χ1v) is 9.38. The highest BCUT2D eigenvalue weighted by Gasteiger charge is 2.54. The number of hydrogen-bond acceptors (Lipinski definition) is 4. The number of carboxylic acid groups (broad SMARTS) is 1. The van der Waals surface area contributed by atoms with Crippen LogP contribution in [-0.2, 0) is 16.0 Å². The molecule has 3 N–H and O–H groups in total. The molecule has 26 heavy (non-hydrogen) atoms. The van der Waals surface area contributed by atoms with Gasteiger partial charge in [0, 0.05) is 35.6 Å². The summed E-state index contributed by atoms with van der Waals surface area (Å²) in [5, 5.41) is 21.7. The third kappa shape index (κ3) is 2.25. The van der Waals surface area contributed by atoms with Gasteiger partial charge in [-0.15, -0.1) is 0 Å². The van der Waals surface area contributed by atoms with Gasteiger partial charge in [0.05, 0.1) is 18.6 Å². The molecule has 0 amide bonds. The van der Waals surface area contributed by atoms with Crippen LogP contribution in [0.25, 0.3) is 10.9 Å². The number of aromatic amines is 1. The number of benzene rings is 1. The van der Waals surface area contributed by atoms with Crippen molar-refractivity contribution in [2.45, 2.75) is 31.6 Å². The molecule has 6 heteroatoms. The Kier molecular flexibility index (Phi) is 3.48. The molecule has 2 aromatic rings. The van der Waals surface area contributed by atoms with Gasteiger partial charge in [-0.05, 0) is 37.3 Å². The fourth-order valence-corrected chi connectivity index (χ4v) is 5.42. The van der Waals surface area contributed by atoms with Crippen molar-refractivity contribution in [1.29, 1.82) is 0 Å². The average molecular weight is 356 g/mol. The third-order valence-electron chi connectivity index (χ3n) is 6.79. The van der Waals surface area contributed by atoms with Crippen LogP contribution < -0.4 is 0 Å². The maximum absolute atomic E-state index is 11.8. The maximum Gasteiger partial charge on any atom is 0.309 e. The van der Waals surface area contributed by atoms with Crippen LogP contribution in [-0.4, -0.2) is 51.5 Å². The standard InChI is InChI=1S/C20H24N2O4/c1-20(25)15-9-22-7-6-12-11-4-2-3-5-16(11)21-18(12)17(22)8-13(15)14(10-26-20)19(23)24/h2-5,13-15,17,21,25H,6-10H2,1H3,(H,23,24)/t13-,14+,15+,17+,20-/m1/s1. The van der Waals surface area contributed by atoms with E-state index in [1.165, 1.54) is 16.6 Å². The summed E-state index contributed by atoms with van der Waals surface area (Å²) in [6, 6.07) is 8.54. The van der Waals surface area contributed by atoms with Crippen molar-refractivity contribution in [3.63, 3.8) is 0 Å². The molecule has 5 rings (SSSR count). The predicted octanol–water partition coefficient (Wildman–Crippen LogP) is 2.14. The molecule has 138 valence electrons. The van der Waals surface area contributed by atoms with Gasteiger partial charge in [0.15, 0.2) is 5.79 Å². The molecule has 0 aliphatic carbocycles. The summed E-state index contributed by atoms with van der Waals surface area (Å²) in [5.41, 5.74) is 3.74. The van der Waals surface area contributed by atoms with Crippen molar-refractivity contribution in [3.05, 3.63) is 35.5 Å². The van der Waals surface area contributed by atoms with Gasteiger partial charge in [0.25, 0.3) is 0 Å². The van der Waals surface area contributed by atoms with Gasteiger partial charge in [0.1, 0.15) is 0 Å².